The number of rotatable bonds is 5. The first-order chi connectivity index (χ1) is 10.9. The van der Waals surface area contributed by atoms with E-state index in [-0.39, 0.29) is 17.7 Å². The number of aliphatic hydroxyl groups is 1. The fraction of sp³-hybridized carbons (Fsp3) is 0.647. The number of aromatic nitrogens is 1. The summed E-state index contributed by atoms with van der Waals surface area (Å²) in [6, 6.07) is 3.63. The van der Waals surface area contributed by atoms with Crippen LogP contribution in [0, 0.1) is 5.41 Å². The van der Waals surface area contributed by atoms with Crippen molar-refractivity contribution in [1.82, 2.24) is 9.88 Å². The summed E-state index contributed by atoms with van der Waals surface area (Å²) in [5, 5.41) is 9.27. The van der Waals surface area contributed by atoms with Gasteiger partial charge in [0.05, 0.1) is 5.56 Å². The molecule has 1 aliphatic rings. The van der Waals surface area contributed by atoms with Gasteiger partial charge in [-0.1, -0.05) is 18.5 Å². The highest BCUT2D eigenvalue weighted by Crippen LogP contribution is 2.36. The zero-order valence-electron chi connectivity index (χ0n) is 14.2. The average molecular weight is 340 g/mol. The lowest BCUT2D eigenvalue weighted by Crippen LogP contribution is -2.39. The number of aliphatic hydroxyl groups excluding tert-OH is 1. The number of hydrogen-bond donors (Lipinski definition) is 1. The molecule has 0 saturated carbocycles. The lowest BCUT2D eigenvalue weighted by Gasteiger charge is -2.40. The largest absolute Gasteiger partial charge is 0.396 e. The summed E-state index contributed by atoms with van der Waals surface area (Å²) < 4.78 is 0. The second-order valence-corrected chi connectivity index (χ2v) is 7.19. The van der Waals surface area contributed by atoms with Gasteiger partial charge in [0.1, 0.15) is 11.0 Å². The van der Waals surface area contributed by atoms with Crippen molar-refractivity contribution in [2.75, 3.05) is 38.7 Å². The van der Waals surface area contributed by atoms with Gasteiger partial charge in [-0.25, -0.2) is 4.98 Å². The second-order valence-electron chi connectivity index (χ2n) is 6.83. The van der Waals surface area contributed by atoms with Crippen LogP contribution in [-0.2, 0) is 0 Å². The third-order valence-corrected chi connectivity index (χ3v) is 4.99. The zero-order valence-corrected chi connectivity index (χ0v) is 14.9. The van der Waals surface area contributed by atoms with Crippen molar-refractivity contribution in [1.29, 1.82) is 0 Å². The van der Waals surface area contributed by atoms with E-state index in [2.05, 4.69) is 16.8 Å². The molecule has 1 amide bonds. The predicted octanol–water partition coefficient (Wildman–Crippen LogP) is 2.82. The topological polar surface area (TPSA) is 56.7 Å². The molecule has 0 spiro atoms. The fourth-order valence-electron chi connectivity index (χ4n) is 3.03. The molecular weight excluding hydrogens is 314 g/mol. The first-order valence-corrected chi connectivity index (χ1v) is 8.48. The molecule has 0 atom stereocenters. The van der Waals surface area contributed by atoms with Crippen molar-refractivity contribution in [2.45, 2.75) is 32.6 Å². The Morgan fingerprint density at radius 3 is 2.57 bits per heavy atom. The van der Waals surface area contributed by atoms with Gasteiger partial charge in [0.25, 0.3) is 5.91 Å². The molecule has 0 unspecified atom stereocenters. The number of anilines is 1. The normalized spacial score (nSPS) is 17.2. The maximum absolute atomic E-state index is 12.0. The van der Waals surface area contributed by atoms with Crippen LogP contribution in [0.15, 0.2) is 12.1 Å². The van der Waals surface area contributed by atoms with Crippen LogP contribution in [0.3, 0.4) is 0 Å². The van der Waals surface area contributed by atoms with Gasteiger partial charge >= 0.3 is 0 Å². The van der Waals surface area contributed by atoms with E-state index in [4.69, 9.17) is 16.7 Å². The average Bonchev–Trinajstić information content (AvgIpc) is 2.53. The minimum absolute atomic E-state index is 0.135. The van der Waals surface area contributed by atoms with E-state index in [1.165, 1.54) is 4.90 Å². The SMILES string of the molecule is CN(C)C(=O)c1ccc(N2CCC(C)(CCCO)CC2)nc1Cl. The van der Waals surface area contributed by atoms with Crippen LogP contribution in [0.2, 0.25) is 5.15 Å². The van der Waals surface area contributed by atoms with E-state index in [9.17, 15) is 4.79 Å². The van der Waals surface area contributed by atoms with Gasteiger partial charge in [0, 0.05) is 33.8 Å². The summed E-state index contributed by atoms with van der Waals surface area (Å²) in [6.45, 7) is 4.40. The Morgan fingerprint density at radius 2 is 2.04 bits per heavy atom. The second kappa shape index (κ2) is 7.49. The highest BCUT2D eigenvalue weighted by Gasteiger charge is 2.30. The Labute approximate surface area is 143 Å². The molecule has 1 aliphatic heterocycles. The molecule has 0 radical (unpaired) electrons. The Balaban J connectivity index is 2.04. The summed E-state index contributed by atoms with van der Waals surface area (Å²) >= 11 is 6.20. The summed E-state index contributed by atoms with van der Waals surface area (Å²) in [5.74, 6) is 0.693. The quantitative estimate of drug-likeness (QED) is 0.838. The van der Waals surface area contributed by atoms with Crippen molar-refractivity contribution >= 4 is 23.3 Å². The van der Waals surface area contributed by atoms with Crippen LogP contribution in [-0.4, -0.2) is 54.7 Å². The molecular formula is C17H26ClN3O2. The molecule has 5 nitrogen and oxygen atoms in total. The van der Waals surface area contributed by atoms with Crippen LogP contribution in [0.4, 0.5) is 5.82 Å². The summed E-state index contributed by atoms with van der Waals surface area (Å²) in [6.07, 6.45) is 4.07. The van der Waals surface area contributed by atoms with Crippen LogP contribution >= 0.6 is 11.6 Å². The van der Waals surface area contributed by atoms with Crippen LogP contribution in [0.1, 0.15) is 43.0 Å². The predicted molar refractivity (Wildman–Crippen MR) is 93.1 cm³/mol. The number of pyridine rings is 1. The first-order valence-electron chi connectivity index (χ1n) is 8.10. The van der Waals surface area contributed by atoms with Gasteiger partial charge in [-0.15, -0.1) is 0 Å². The van der Waals surface area contributed by atoms with Gasteiger partial charge in [-0.2, -0.15) is 0 Å². The molecule has 1 aromatic heterocycles. The molecule has 2 heterocycles. The smallest absolute Gasteiger partial charge is 0.256 e. The van der Waals surface area contributed by atoms with E-state index in [1.54, 1.807) is 20.2 Å². The van der Waals surface area contributed by atoms with Gasteiger partial charge in [0.15, 0.2) is 0 Å². The van der Waals surface area contributed by atoms with Crippen molar-refractivity contribution < 1.29 is 9.90 Å². The third kappa shape index (κ3) is 4.36. The Kier molecular flexibility index (Phi) is 5.87. The van der Waals surface area contributed by atoms with E-state index in [1.807, 2.05) is 6.07 Å². The van der Waals surface area contributed by atoms with E-state index >= 15 is 0 Å². The lowest BCUT2D eigenvalue weighted by atomic mass is 9.77. The maximum atomic E-state index is 12.0. The number of piperidine rings is 1. The van der Waals surface area contributed by atoms with Gasteiger partial charge in [-0.05, 0) is 43.2 Å². The monoisotopic (exact) mass is 339 g/mol. The third-order valence-electron chi connectivity index (χ3n) is 4.70. The maximum Gasteiger partial charge on any atom is 0.256 e. The van der Waals surface area contributed by atoms with Crippen LogP contribution < -0.4 is 4.90 Å². The highest BCUT2D eigenvalue weighted by atomic mass is 35.5. The molecule has 1 saturated heterocycles. The van der Waals surface area contributed by atoms with Crippen molar-refractivity contribution in [3.8, 4) is 0 Å². The van der Waals surface area contributed by atoms with Crippen LogP contribution in [0.5, 0.6) is 0 Å². The number of hydrogen-bond acceptors (Lipinski definition) is 4. The lowest BCUT2D eigenvalue weighted by molar-refractivity contribution is 0.0827. The molecule has 0 bridgehead atoms. The molecule has 23 heavy (non-hydrogen) atoms. The minimum Gasteiger partial charge on any atom is -0.396 e. The van der Waals surface area contributed by atoms with Gasteiger partial charge < -0.3 is 14.9 Å². The highest BCUT2D eigenvalue weighted by molar-refractivity contribution is 6.32. The van der Waals surface area contributed by atoms with Gasteiger partial charge in [0.2, 0.25) is 0 Å². The fourth-order valence-corrected chi connectivity index (χ4v) is 3.26. The Hall–Kier alpha value is -1.33. The summed E-state index contributed by atoms with van der Waals surface area (Å²) in [7, 11) is 3.40. The van der Waals surface area contributed by atoms with E-state index < -0.39 is 0 Å². The zero-order chi connectivity index (χ0) is 17.0. The van der Waals surface area contributed by atoms with E-state index in [0.29, 0.717) is 11.0 Å². The van der Waals surface area contributed by atoms with E-state index in [0.717, 1.165) is 44.6 Å². The van der Waals surface area contributed by atoms with Crippen LogP contribution in [0.25, 0.3) is 0 Å². The Morgan fingerprint density at radius 1 is 1.39 bits per heavy atom. The number of nitrogens with zero attached hydrogens (tertiary/aromatic N) is 3. The molecule has 6 heteroatoms. The van der Waals surface area contributed by atoms with Crippen molar-refractivity contribution in [3.63, 3.8) is 0 Å². The number of carbonyl (C=O) groups excluding carboxylic acids is 1. The molecule has 1 N–H and O–H groups in total. The molecule has 0 aromatic carbocycles. The molecule has 1 fully saturated rings. The summed E-state index contributed by atoms with van der Waals surface area (Å²) in [5.41, 5.74) is 0.731. The Bertz CT molecular complexity index is 555. The number of amides is 1. The molecule has 2 rings (SSSR count). The number of carbonyl (C=O) groups is 1. The van der Waals surface area contributed by atoms with Gasteiger partial charge in [-0.3, -0.25) is 4.79 Å². The molecule has 0 aliphatic carbocycles. The number of halogens is 1. The minimum atomic E-state index is -0.135. The molecule has 128 valence electrons. The van der Waals surface area contributed by atoms with Crippen molar-refractivity contribution in [2.24, 2.45) is 5.41 Å². The summed E-state index contributed by atoms with van der Waals surface area (Å²) in [4.78, 5) is 20.1. The molecule has 1 aromatic rings. The first kappa shape index (κ1) is 18.0. The standard InChI is InChI=1S/C17H26ClN3O2/c1-17(7-4-12-22)8-10-21(11-9-17)14-6-5-13(15(18)19-14)16(23)20(2)3/h5-6,22H,4,7-12H2,1-3H3. The van der Waals surface area contributed by atoms with Crippen molar-refractivity contribution in [3.05, 3.63) is 22.8 Å².